The molecule has 0 spiro atoms. The minimum absolute atomic E-state index is 0.0127. The lowest BCUT2D eigenvalue weighted by Crippen LogP contribution is -2.28. The van der Waals surface area contributed by atoms with Crippen LogP contribution in [0.15, 0.2) is 24.3 Å². The zero-order chi connectivity index (χ0) is 19.6. The highest BCUT2D eigenvalue weighted by Crippen LogP contribution is 2.33. The maximum absolute atomic E-state index is 12.6. The summed E-state index contributed by atoms with van der Waals surface area (Å²) in [6.45, 7) is 11.1. The Balaban J connectivity index is 2.85. The van der Waals surface area contributed by atoms with Gasteiger partial charge in [-0.05, 0) is 37.3 Å². The summed E-state index contributed by atoms with van der Waals surface area (Å²) in [6.07, 6.45) is 5.23. The van der Waals surface area contributed by atoms with Gasteiger partial charge in [-0.2, -0.15) is 0 Å². The van der Waals surface area contributed by atoms with Crippen LogP contribution in [0, 0.1) is 11.3 Å². The second-order valence-corrected chi connectivity index (χ2v) is 7.42. The highest BCUT2D eigenvalue weighted by Gasteiger charge is 2.28. The third kappa shape index (κ3) is 6.47. The topological polar surface area (TPSA) is 52.6 Å². The van der Waals surface area contributed by atoms with Crippen molar-refractivity contribution >= 4 is 11.9 Å². The first-order valence-electron chi connectivity index (χ1n) is 9.82. The lowest BCUT2D eigenvalue weighted by Gasteiger charge is -2.31. The van der Waals surface area contributed by atoms with E-state index in [9.17, 15) is 9.59 Å². The second kappa shape index (κ2) is 11.0. The van der Waals surface area contributed by atoms with Crippen molar-refractivity contribution in [1.29, 1.82) is 0 Å². The quantitative estimate of drug-likeness (QED) is 0.477. The van der Waals surface area contributed by atoms with E-state index >= 15 is 0 Å². The maximum Gasteiger partial charge on any atom is 0.339 e. The van der Waals surface area contributed by atoms with E-state index in [1.54, 1.807) is 24.3 Å². The molecule has 0 saturated carbocycles. The Morgan fingerprint density at radius 2 is 1.50 bits per heavy atom. The van der Waals surface area contributed by atoms with Gasteiger partial charge in [0.1, 0.15) is 0 Å². The molecule has 0 atom stereocenters. The summed E-state index contributed by atoms with van der Waals surface area (Å²) < 4.78 is 10.9. The fourth-order valence-corrected chi connectivity index (χ4v) is 2.89. The molecule has 0 unspecified atom stereocenters. The molecule has 146 valence electrons. The van der Waals surface area contributed by atoms with E-state index in [2.05, 4.69) is 20.8 Å². The van der Waals surface area contributed by atoms with Crippen LogP contribution in [0.25, 0.3) is 0 Å². The van der Waals surface area contributed by atoms with Gasteiger partial charge in [0.15, 0.2) is 0 Å². The van der Waals surface area contributed by atoms with Gasteiger partial charge < -0.3 is 9.47 Å². The summed E-state index contributed by atoms with van der Waals surface area (Å²) >= 11 is 0. The van der Waals surface area contributed by atoms with Crippen molar-refractivity contribution in [3.05, 3.63) is 35.4 Å². The summed E-state index contributed by atoms with van der Waals surface area (Å²) in [4.78, 5) is 24.9. The van der Waals surface area contributed by atoms with Gasteiger partial charge in [0.05, 0.1) is 24.3 Å². The molecule has 0 bridgehead atoms. The van der Waals surface area contributed by atoms with Gasteiger partial charge in [-0.3, -0.25) is 0 Å². The van der Waals surface area contributed by atoms with E-state index in [-0.39, 0.29) is 22.5 Å². The summed E-state index contributed by atoms with van der Waals surface area (Å²) in [7, 11) is 0. The fourth-order valence-electron chi connectivity index (χ4n) is 2.89. The number of rotatable bonds is 11. The average Bonchev–Trinajstić information content (AvgIpc) is 2.66. The largest absolute Gasteiger partial charge is 0.462 e. The zero-order valence-corrected chi connectivity index (χ0v) is 17.0. The van der Waals surface area contributed by atoms with Gasteiger partial charge in [-0.25, -0.2) is 9.59 Å². The SMILES string of the molecule is CCCCC(CC)(CC)COC(=O)c1ccccc1C(=O)OCC(C)C. The molecule has 0 aliphatic carbocycles. The van der Waals surface area contributed by atoms with Crippen LogP contribution in [-0.2, 0) is 9.47 Å². The van der Waals surface area contributed by atoms with Crippen LogP contribution in [-0.4, -0.2) is 25.2 Å². The van der Waals surface area contributed by atoms with Crippen molar-refractivity contribution in [2.75, 3.05) is 13.2 Å². The first-order chi connectivity index (χ1) is 12.4. The zero-order valence-electron chi connectivity index (χ0n) is 17.0. The molecule has 1 aromatic carbocycles. The summed E-state index contributed by atoms with van der Waals surface area (Å²) in [6, 6.07) is 6.70. The maximum atomic E-state index is 12.6. The van der Waals surface area contributed by atoms with Crippen LogP contribution in [0.4, 0.5) is 0 Å². The minimum Gasteiger partial charge on any atom is -0.462 e. The number of hydrogen-bond donors (Lipinski definition) is 0. The molecule has 0 radical (unpaired) electrons. The van der Waals surface area contributed by atoms with Gasteiger partial charge in [-0.1, -0.05) is 59.6 Å². The normalized spacial score (nSPS) is 11.5. The van der Waals surface area contributed by atoms with E-state index in [4.69, 9.17) is 9.47 Å². The van der Waals surface area contributed by atoms with Crippen LogP contribution >= 0.6 is 0 Å². The lowest BCUT2D eigenvalue weighted by molar-refractivity contribution is 0.0220. The number of hydrogen-bond acceptors (Lipinski definition) is 4. The fraction of sp³-hybridized carbons (Fsp3) is 0.636. The highest BCUT2D eigenvalue weighted by molar-refractivity contribution is 6.03. The van der Waals surface area contributed by atoms with Crippen LogP contribution < -0.4 is 0 Å². The van der Waals surface area contributed by atoms with Crippen molar-refractivity contribution in [1.82, 2.24) is 0 Å². The summed E-state index contributed by atoms with van der Waals surface area (Å²) in [5.74, 6) is -0.689. The molecule has 0 saturated heterocycles. The van der Waals surface area contributed by atoms with Gasteiger partial charge in [-0.15, -0.1) is 0 Å². The molecule has 0 N–H and O–H groups in total. The van der Waals surface area contributed by atoms with E-state index < -0.39 is 11.9 Å². The number of ether oxygens (including phenoxy) is 2. The van der Waals surface area contributed by atoms with E-state index in [1.807, 2.05) is 13.8 Å². The highest BCUT2D eigenvalue weighted by atomic mass is 16.5. The third-order valence-corrected chi connectivity index (χ3v) is 4.98. The van der Waals surface area contributed by atoms with Gasteiger partial charge in [0.2, 0.25) is 0 Å². The molecule has 0 aliphatic rings. The molecule has 1 aromatic rings. The Bertz CT molecular complexity index is 573. The van der Waals surface area contributed by atoms with Crippen LogP contribution in [0.5, 0.6) is 0 Å². The summed E-state index contributed by atoms with van der Waals surface area (Å²) in [5, 5.41) is 0. The Morgan fingerprint density at radius 1 is 0.962 bits per heavy atom. The molecule has 0 aromatic heterocycles. The molecule has 1 rings (SSSR count). The van der Waals surface area contributed by atoms with Crippen molar-refractivity contribution in [3.8, 4) is 0 Å². The van der Waals surface area contributed by atoms with E-state index in [0.29, 0.717) is 13.2 Å². The number of unbranched alkanes of at least 4 members (excludes halogenated alkanes) is 1. The van der Waals surface area contributed by atoms with Crippen molar-refractivity contribution in [2.45, 2.75) is 66.7 Å². The van der Waals surface area contributed by atoms with E-state index in [1.165, 1.54) is 0 Å². The standard InChI is InChI=1S/C22H34O4/c1-6-9-14-22(7-2,8-3)16-26-21(24)19-13-11-10-12-18(19)20(23)25-15-17(4)5/h10-13,17H,6-9,14-16H2,1-5H3. The molecule has 0 heterocycles. The molecule has 4 heteroatoms. The Hall–Kier alpha value is -1.84. The van der Waals surface area contributed by atoms with E-state index in [0.717, 1.165) is 32.1 Å². The third-order valence-electron chi connectivity index (χ3n) is 4.98. The molecule has 0 fully saturated rings. The monoisotopic (exact) mass is 362 g/mol. The number of carbonyl (C=O) groups excluding carboxylic acids is 2. The molecule has 26 heavy (non-hydrogen) atoms. The average molecular weight is 363 g/mol. The van der Waals surface area contributed by atoms with Gasteiger partial charge >= 0.3 is 11.9 Å². The Labute approximate surface area is 158 Å². The van der Waals surface area contributed by atoms with Crippen molar-refractivity contribution < 1.29 is 19.1 Å². The van der Waals surface area contributed by atoms with Crippen LogP contribution in [0.1, 0.15) is 87.4 Å². The molecule has 0 amide bonds. The minimum atomic E-state index is -0.477. The second-order valence-electron chi connectivity index (χ2n) is 7.42. The Morgan fingerprint density at radius 3 is 1.96 bits per heavy atom. The number of esters is 2. The molecule has 0 aliphatic heterocycles. The first-order valence-corrected chi connectivity index (χ1v) is 9.82. The van der Waals surface area contributed by atoms with Gasteiger partial charge in [0, 0.05) is 5.41 Å². The lowest BCUT2D eigenvalue weighted by atomic mass is 9.78. The predicted octanol–water partition coefficient (Wildman–Crippen LogP) is 5.65. The van der Waals surface area contributed by atoms with Crippen molar-refractivity contribution in [3.63, 3.8) is 0 Å². The first kappa shape index (κ1) is 22.2. The summed E-state index contributed by atoms with van der Waals surface area (Å²) in [5.41, 5.74) is 0.557. The van der Waals surface area contributed by atoms with Crippen LogP contribution in [0.3, 0.4) is 0 Å². The molecule has 4 nitrogen and oxygen atoms in total. The predicted molar refractivity (Wildman–Crippen MR) is 104 cm³/mol. The molecular weight excluding hydrogens is 328 g/mol. The van der Waals surface area contributed by atoms with Gasteiger partial charge in [0.25, 0.3) is 0 Å². The smallest absolute Gasteiger partial charge is 0.339 e. The Kier molecular flexibility index (Phi) is 9.39. The van der Waals surface area contributed by atoms with Crippen LogP contribution in [0.2, 0.25) is 0 Å². The number of carbonyl (C=O) groups is 2. The molecular formula is C22H34O4. The van der Waals surface area contributed by atoms with Crippen molar-refractivity contribution in [2.24, 2.45) is 11.3 Å². The number of benzene rings is 1.